The number of amides is 1. The van der Waals surface area contributed by atoms with Crippen molar-refractivity contribution in [3.05, 3.63) is 42.5 Å². The van der Waals surface area contributed by atoms with Crippen LogP contribution in [0.5, 0.6) is 0 Å². The molecular weight excluding hydrogens is 540 g/mol. The van der Waals surface area contributed by atoms with Crippen LogP contribution in [0, 0.1) is 0 Å². The number of nitrogens with zero attached hydrogens (tertiary/aromatic N) is 2. The van der Waals surface area contributed by atoms with E-state index in [1.165, 1.54) is 0 Å². The Morgan fingerprint density at radius 3 is 2.17 bits per heavy atom. The Hall–Kier alpha value is -2.93. The van der Waals surface area contributed by atoms with Gasteiger partial charge < -0.3 is 35.0 Å². The van der Waals surface area contributed by atoms with E-state index >= 15 is 0 Å². The summed E-state index contributed by atoms with van der Waals surface area (Å²) in [5, 5.41) is 33.9. The molecule has 11 nitrogen and oxygen atoms in total. The van der Waals surface area contributed by atoms with Crippen LogP contribution in [-0.2, 0) is 23.9 Å². The van der Waals surface area contributed by atoms with Crippen molar-refractivity contribution in [2.75, 3.05) is 44.0 Å². The number of hydrogen-bond acceptors (Lipinski definition) is 7. The molecule has 1 saturated heterocycles. The largest absolute Gasteiger partial charge is 0.481 e. The van der Waals surface area contributed by atoms with Gasteiger partial charge in [-0.1, -0.05) is 37.3 Å². The first-order valence-electron chi connectivity index (χ1n) is 14.0. The fraction of sp³-hybridized carbons (Fsp3) is 0.571. The zero-order valence-corrected chi connectivity index (χ0v) is 23.8. The van der Waals surface area contributed by atoms with Crippen molar-refractivity contribution in [3.8, 4) is 0 Å². The van der Waals surface area contributed by atoms with E-state index in [4.69, 9.17) is 27.4 Å². The molecule has 3 rings (SSSR count). The highest BCUT2D eigenvalue weighted by atomic mass is 32.2. The number of ether oxygens (including phenoxy) is 1. The summed E-state index contributed by atoms with van der Waals surface area (Å²) in [5.41, 5.74) is -2.12. The van der Waals surface area contributed by atoms with E-state index in [9.17, 15) is 19.2 Å². The van der Waals surface area contributed by atoms with Gasteiger partial charge in [0.1, 0.15) is 0 Å². The zero-order valence-electron chi connectivity index (χ0n) is 25.0. The van der Waals surface area contributed by atoms with E-state index in [2.05, 4.69) is 11.0 Å². The number of aliphatic carboxylic acids is 3. The molecule has 0 spiro atoms. The Labute approximate surface area is 241 Å². The quantitative estimate of drug-likeness (QED) is 0.253. The number of aliphatic hydroxyl groups is 1. The lowest BCUT2D eigenvalue weighted by atomic mass is 9.85. The van der Waals surface area contributed by atoms with Crippen LogP contribution in [0.1, 0.15) is 45.4 Å². The minimum absolute atomic E-state index is 0.0932. The van der Waals surface area contributed by atoms with Crippen molar-refractivity contribution < 1.29 is 44.3 Å². The van der Waals surface area contributed by atoms with Gasteiger partial charge in [0.25, 0.3) is 0 Å². The summed E-state index contributed by atoms with van der Waals surface area (Å²) >= 11 is -1.99. The lowest BCUT2D eigenvalue weighted by Crippen LogP contribution is -2.60. The molecule has 1 aromatic carbocycles. The van der Waals surface area contributed by atoms with E-state index in [0.717, 1.165) is 44.6 Å². The fourth-order valence-corrected chi connectivity index (χ4v) is 5.92. The molecule has 224 valence electrons. The molecule has 40 heavy (non-hydrogen) atoms. The van der Waals surface area contributed by atoms with Crippen LogP contribution in [0.4, 0.5) is 5.69 Å². The zero-order chi connectivity index (χ0) is 31.6. The molecule has 2 heterocycles. The number of likely N-dealkylation sites (tertiary alicyclic amines) is 1. The first-order chi connectivity index (χ1) is 19.7. The van der Waals surface area contributed by atoms with E-state index in [-0.39, 0.29) is 16.7 Å². The molecule has 1 amide bonds. The number of hydrogen-bond donors (Lipinski definition) is 4. The summed E-state index contributed by atoms with van der Waals surface area (Å²) in [4.78, 5) is 47.8. The maximum Gasteiger partial charge on any atom is 0.336 e. The second kappa shape index (κ2) is 15.8. The van der Waals surface area contributed by atoms with Crippen molar-refractivity contribution in [1.82, 2.24) is 4.90 Å². The summed E-state index contributed by atoms with van der Waals surface area (Å²) in [6, 6.07) is 9.95. The monoisotopic (exact) mass is 584 g/mol. The van der Waals surface area contributed by atoms with Crippen LogP contribution in [0.25, 0.3) is 0 Å². The van der Waals surface area contributed by atoms with Crippen LogP contribution in [0.2, 0.25) is 0 Å². The molecule has 12 heteroatoms. The van der Waals surface area contributed by atoms with Gasteiger partial charge in [-0.05, 0) is 43.7 Å². The highest BCUT2D eigenvalue weighted by Gasteiger charge is 2.43. The average molecular weight is 585 g/mol. The molecule has 0 aliphatic carbocycles. The Bertz CT molecular complexity index is 1100. The third-order valence-corrected chi connectivity index (χ3v) is 8.22. The van der Waals surface area contributed by atoms with Crippen LogP contribution < -0.4 is 4.90 Å². The van der Waals surface area contributed by atoms with Crippen molar-refractivity contribution in [3.63, 3.8) is 0 Å². The number of piperidine rings is 1. The maximum atomic E-state index is 13.0. The number of carbonyl (C=O) groups is 4. The van der Waals surface area contributed by atoms with E-state index < -0.39 is 47.9 Å². The lowest BCUT2D eigenvalue weighted by molar-refractivity contribution is -0.170. The minimum Gasteiger partial charge on any atom is -0.481 e. The number of rotatable bonds is 13. The predicted octanol–water partition coefficient (Wildman–Crippen LogP) is 2.19. The number of carboxylic acid groups (broad SMARTS) is 3. The summed E-state index contributed by atoms with van der Waals surface area (Å²) in [6.45, 7) is 5.16. The summed E-state index contributed by atoms with van der Waals surface area (Å²) in [7, 11) is 1.71. The second-order valence-electron chi connectivity index (χ2n) is 9.98. The molecule has 0 radical (unpaired) electrons. The first-order valence-corrected chi connectivity index (χ1v) is 14.3. The van der Waals surface area contributed by atoms with E-state index in [0.29, 0.717) is 18.8 Å². The SMILES string of the molecule is O=C(O)CC(O)(CC(=O)O)C(=O)O.[2H]S1([2H])CC=CC1CCN1CCC(COC)(N(C(=O)CC)c2ccccc2)CC1. The summed E-state index contributed by atoms with van der Waals surface area (Å²) < 4.78 is 22.0. The second-order valence-corrected chi connectivity index (χ2v) is 11.3. The smallest absolute Gasteiger partial charge is 0.336 e. The number of methoxy groups -OCH3 is 1. The van der Waals surface area contributed by atoms with Gasteiger partial charge in [0, 0.05) is 37.6 Å². The molecule has 1 unspecified atom stereocenters. The van der Waals surface area contributed by atoms with Gasteiger partial charge in [-0.25, -0.2) is 4.79 Å². The topological polar surface area (TPSA) is 165 Å². The standard InChI is InChI=1S/C22H34N2O2S.C6H8O7/c1-3-21(25)24(19-8-5-4-6-9-19)22(18-26-2)12-15-23(16-13-22)14-11-20-10-7-17-27-20;7-3(8)1-6(13,5(11)12)2-4(9)10/h4-10,20H,3,11-18,27H2,1-2H3;13H,1-2H2,(H,7,8)(H,9,10)(H,11,12)/i27D2;. The van der Waals surface area contributed by atoms with Gasteiger partial charge >= 0.3 is 17.9 Å². The predicted molar refractivity (Wildman–Crippen MR) is 154 cm³/mol. The molecule has 2 aliphatic heterocycles. The third kappa shape index (κ3) is 9.61. The molecule has 0 saturated carbocycles. The number of para-hydroxylation sites is 1. The Morgan fingerprint density at radius 2 is 1.73 bits per heavy atom. The maximum absolute atomic E-state index is 13.0. The fourth-order valence-electron chi connectivity index (χ4n) is 4.96. The van der Waals surface area contributed by atoms with Crippen molar-refractivity contribution in [2.24, 2.45) is 0 Å². The van der Waals surface area contributed by atoms with Gasteiger partial charge in [0.2, 0.25) is 5.91 Å². The molecule has 0 aromatic heterocycles. The summed E-state index contributed by atoms with van der Waals surface area (Å²) in [5.74, 6) is -4.27. The third-order valence-electron chi connectivity index (χ3n) is 7.01. The summed E-state index contributed by atoms with van der Waals surface area (Å²) in [6.07, 6.45) is 4.87. The average Bonchev–Trinajstić information content (AvgIpc) is 3.26. The lowest BCUT2D eigenvalue weighted by Gasteiger charge is -2.48. The molecule has 0 bridgehead atoms. The van der Waals surface area contributed by atoms with Gasteiger partial charge in [-0.3, -0.25) is 26.0 Å². The van der Waals surface area contributed by atoms with Crippen molar-refractivity contribution in [2.45, 2.75) is 61.8 Å². The number of benzene rings is 1. The molecular formula is C28H42N2O9S. The van der Waals surface area contributed by atoms with Gasteiger partial charge in [0.15, 0.2) is 5.60 Å². The normalized spacial score (nSPS) is 21.2. The number of anilines is 1. The number of carboxylic acids is 3. The van der Waals surface area contributed by atoms with Crippen LogP contribution in [0.15, 0.2) is 42.5 Å². The highest BCUT2D eigenvalue weighted by molar-refractivity contribution is 8.00. The van der Waals surface area contributed by atoms with Crippen molar-refractivity contribution in [1.29, 1.82) is 2.25 Å². The van der Waals surface area contributed by atoms with Crippen LogP contribution >= 0.6 is 11.6 Å². The van der Waals surface area contributed by atoms with Gasteiger partial charge in [-0.15, -0.1) is 0 Å². The Balaban J connectivity index is 0.000000401. The van der Waals surface area contributed by atoms with Crippen LogP contribution in [-0.4, -0.2) is 107 Å². The molecule has 1 atom stereocenters. The molecule has 1 fully saturated rings. The first kappa shape index (κ1) is 30.0. The Kier molecular flexibility index (Phi) is 11.8. The van der Waals surface area contributed by atoms with Gasteiger partial charge in [0.05, 0.1) is 27.2 Å². The number of carbonyl (C=O) groups excluding carboxylic acids is 1. The van der Waals surface area contributed by atoms with E-state index in [1.807, 2.05) is 48.2 Å². The van der Waals surface area contributed by atoms with Gasteiger partial charge in [-0.2, -0.15) is 0 Å². The highest BCUT2D eigenvalue weighted by Crippen LogP contribution is 2.35. The van der Waals surface area contributed by atoms with Crippen molar-refractivity contribution >= 4 is 41.1 Å². The Morgan fingerprint density at radius 1 is 1.12 bits per heavy atom. The molecule has 2 aliphatic rings. The minimum atomic E-state index is -2.74. The van der Waals surface area contributed by atoms with E-state index in [1.54, 1.807) is 7.11 Å². The molecule has 1 aromatic rings. The molecule has 4 N–H and O–H groups in total. The van der Waals surface area contributed by atoms with Crippen LogP contribution in [0.3, 0.4) is 0 Å².